The molecule has 0 spiro atoms. The number of carbonyl (C=O) groups excluding carboxylic acids is 2. The Balaban J connectivity index is 0.00000441. The van der Waals surface area contributed by atoms with E-state index in [0.29, 0.717) is 25.1 Å². The van der Waals surface area contributed by atoms with Gasteiger partial charge in [0.1, 0.15) is 0 Å². The van der Waals surface area contributed by atoms with E-state index in [1.165, 1.54) is 7.11 Å². The summed E-state index contributed by atoms with van der Waals surface area (Å²) in [5.41, 5.74) is 6.70. The monoisotopic (exact) mass is 328 g/mol. The summed E-state index contributed by atoms with van der Waals surface area (Å²) < 4.78 is 4.64. The van der Waals surface area contributed by atoms with Crippen LogP contribution in [0.25, 0.3) is 0 Å². The molecule has 0 fully saturated rings. The van der Waals surface area contributed by atoms with Crippen molar-refractivity contribution in [2.75, 3.05) is 19.0 Å². The van der Waals surface area contributed by atoms with Crippen LogP contribution in [-0.4, -0.2) is 25.5 Å². The van der Waals surface area contributed by atoms with Gasteiger partial charge in [0, 0.05) is 12.2 Å². The summed E-state index contributed by atoms with van der Waals surface area (Å²) in [4.78, 5) is 23.7. The third kappa shape index (κ3) is 5.00. The van der Waals surface area contributed by atoms with Crippen molar-refractivity contribution in [2.45, 2.75) is 33.1 Å². The van der Waals surface area contributed by atoms with Crippen LogP contribution in [0.15, 0.2) is 24.3 Å². The molecule has 1 aromatic carbocycles. The Hall–Kier alpha value is -1.59. The number of carbonyl (C=O) groups is 2. The van der Waals surface area contributed by atoms with E-state index in [1.807, 2.05) is 19.9 Å². The van der Waals surface area contributed by atoms with Crippen LogP contribution >= 0.6 is 12.4 Å². The Morgan fingerprint density at radius 2 is 1.91 bits per heavy atom. The number of esters is 1. The van der Waals surface area contributed by atoms with Crippen LogP contribution in [0.2, 0.25) is 0 Å². The molecule has 1 amide bonds. The fourth-order valence-electron chi connectivity index (χ4n) is 2.21. The number of ether oxygens (including phenoxy) is 1. The molecule has 124 valence electrons. The average molecular weight is 329 g/mol. The first-order chi connectivity index (χ1) is 10.0. The van der Waals surface area contributed by atoms with E-state index in [-0.39, 0.29) is 30.7 Å². The first-order valence-electron chi connectivity index (χ1n) is 7.18. The maximum Gasteiger partial charge on any atom is 0.309 e. The largest absolute Gasteiger partial charge is 0.469 e. The molecule has 5 nitrogen and oxygen atoms in total. The van der Waals surface area contributed by atoms with E-state index in [1.54, 1.807) is 18.2 Å². The number of amides is 1. The van der Waals surface area contributed by atoms with Crippen molar-refractivity contribution in [3.05, 3.63) is 29.8 Å². The maximum absolute atomic E-state index is 12.4. The molecular weight excluding hydrogens is 304 g/mol. The zero-order valence-corrected chi connectivity index (χ0v) is 14.2. The van der Waals surface area contributed by atoms with Crippen molar-refractivity contribution >= 4 is 30.0 Å². The van der Waals surface area contributed by atoms with E-state index in [2.05, 4.69) is 10.1 Å². The first kappa shape index (κ1) is 20.4. The number of rotatable bonds is 7. The minimum absolute atomic E-state index is 0. The zero-order chi connectivity index (χ0) is 15.9. The lowest BCUT2D eigenvalue weighted by Gasteiger charge is -2.28. The maximum atomic E-state index is 12.4. The molecular formula is C16H25ClN2O3. The number of nitrogens with one attached hydrogen (secondary N) is 1. The number of benzene rings is 1. The number of methoxy groups -OCH3 is 1. The number of hydrogen-bond acceptors (Lipinski definition) is 4. The van der Waals surface area contributed by atoms with Gasteiger partial charge in [-0.2, -0.15) is 0 Å². The van der Waals surface area contributed by atoms with Gasteiger partial charge in [-0.1, -0.05) is 26.0 Å². The Morgan fingerprint density at radius 1 is 1.27 bits per heavy atom. The minimum Gasteiger partial charge on any atom is -0.469 e. The lowest BCUT2D eigenvalue weighted by molar-refractivity contribution is -0.139. The fraction of sp³-hybridized carbons (Fsp3) is 0.500. The highest BCUT2D eigenvalue weighted by Crippen LogP contribution is 2.27. The van der Waals surface area contributed by atoms with Gasteiger partial charge in [0.2, 0.25) is 5.91 Å². The Labute approximate surface area is 138 Å². The Kier molecular flexibility index (Phi) is 8.75. The SMILES string of the molecule is CCC(CC)(CN)C(=O)Nc1cccc(CC(=O)OC)c1.Cl. The number of hydrogen-bond donors (Lipinski definition) is 2. The lowest BCUT2D eigenvalue weighted by atomic mass is 9.81. The molecule has 0 aromatic heterocycles. The van der Waals surface area contributed by atoms with Crippen molar-refractivity contribution < 1.29 is 14.3 Å². The second-order valence-corrected chi connectivity index (χ2v) is 5.10. The molecule has 0 radical (unpaired) electrons. The van der Waals surface area contributed by atoms with Gasteiger partial charge in [0.25, 0.3) is 0 Å². The van der Waals surface area contributed by atoms with Crippen LogP contribution in [0.3, 0.4) is 0 Å². The third-order valence-electron chi connectivity index (χ3n) is 3.99. The number of halogens is 1. The average Bonchev–Trinajstić information content (AvgIpc) is 2.50. The molecule has 0 saturated carbocycles. The minimum atomic E-state index is -0.543. The smallest absolute Gasteiger partial charge is 0.309 e. The van der Waals surface area contributed by atoms with Gasteiger partial charge in [-0.05, 0) is 30.5 Å². The molecule has 1 rings (SSSR count). The summed E-state index contributed by atoms with van der Waals surface area (Å²) in [5.74, 6) is -0.387. The van der Waals surface area contributed by atoms with E-state index in [9.17, 15) is 9.59 Å². The summed E-state index contributed by atoms with van der Waals surface area (Å²) >= 11 is 0. The van der Waals surface area contributed by atoms with Crippen LogP contribution in [-0.2, 0) is 20.7 Å². The van der Waals surface area contributed by atoms with Gasteiger partial charge in [0.15, 0.2) is 0 Å². The molecule has 0 aliphatic carbocycles. The second-order valence-electron chi connectivity index (χ2n) is 5.10. The molecule has 22 heavy (non-hydrogen) atoms. The van der Waals surface area contributed by atoms with Crippen molar-refractivity contribution in [2.24, 2.45) is 11.1 Å². The number of anilines is 1. The van der Waals surface area contributed by atoms with E-state index in [4.69, 9.17) is 5.73 Å². The molecule has 0 heterocycles. The van der Waals surface area contributed by atoms with Crippen molar-refractivity contribution in [1.29, 1.82) is 0 Å². The van der Waals surface area contributed by atoms with Crippen LogP contribution < -0.4 is 11.1 Å². The van der Waals surface area contributed by atoms with Gasteiger partial charge >= 0.3 is 5.97 Å². The molecule has 0 unspecified atom stereocenters. The molecule has 3 N–H and O–H groups in total. The quantitative estimate of drug-likeness (QED) is 0.754. The van der Waals surface area contributed by atoms with Crippen LogP contribution in [0.5, 0.6) is 0 Å². The second kappa shape index (κ2) is 9.43. The van der Waals surface area contributed by atoms with Crippen LogP contribution in [0.1, 0.15) is 32.3 Å². The van der Waals surface area contributed by atoms with Crippen LogP contribution in [0, 0.1) is 5.41 Å². The number of nitrogens with two attached hydrogens (primary N) is 1. The molecule has 0 aliphatic heterocycles. The van der Waals surface area contributed by atoms with E-state index >= 15 is 0 Å². The summed E-state index contributed by atoms with van der Waals surface area (Å²) in [6, 6.07) is 7.20. The lowest BCUT2D eigenvalue weighted by Crippen LogP contribution is -2.41. The van der Waals surface area contributed by atoms with E-state index in [0.717, 1.165) is 5.56 Å². The standard InChI is InChI=1S/C16H24N2O3.ClH/c1-4-16(5-2,11-17)15(20)18-13-8-6-7-12(9-13)10-14(19)21-3;/h6-9H,4-5,10-11,17H2,1-3H3,(H,18,20);1H. The third-order valence-corrected chi connectivity index (χ3v) is 3.99. The topological polar surface area (TPSA) is 81.4 Å². The fourth-order valence-corrected chi connectivity index (χ4v) is 2.21. The molecule has 0 atom stereocenters. The highest BCUT2D eigenvalue weighted by Gasteiger charge is 2.33. The van der Waals surface area contributed by atoms with Crippen molar-refractivity contribution in [3.8, 4) is 0 Å². The molecule has 6 heteroatoms. The molecule has 1 aromatic rings. The van der Waals surface area contributed by atoms with Gasteiger partial charge in [0.05, 0.1) is 18.9 Å². The summed E-state index contributed by atoms with van der Waals surface area (Å²) in [6.07, 6.45) is 1.56. The van der Waals surface area contributed by atoms with E-state index < -0.39 is 5.41 Å². The zero-order valence-electron chi connectivity index (χ0n) is 13.3. The van der Waals surface area contributed by atoms with Gasteiger partial charge < -0.3 is 15.8 Å². The predicted molar refractivity (Wildman–Crippen MR) is 90.1 cm³/mol. The van der Waals surface area contributed by atoms with Gasteiger partial charge in [-0.25, -0.2) is 0 Å². The Morgan fingerprint density at radius 3 is 2.41 bits per heavy atom. The summed E-state index contributed by atoms with van der Waals surface area (Å²) in [5, 5.41) is 2.90. The molecule has 0 saturated heterocycles. The summed E-state index contributed by atoms with van der Waals surface area (Å²) in [6.45, 7) is 4.24. The van der Waals surface area contributed by atoms with Gasteiger partial charge in [-0.3, -0.25) is 9.59 Å². The first-order valence-corrected chi connectivity index (χ1v) is 7.18. The normalized spacial score (nSPS) is 10.5. The predicted octanol–water partition coefficient (Wildman–Crippen LogP) is 2.53. The summed E-state index contributed by atoms with van der Waals surface area (Å²) in [7, 11) is 1.35. The van der Waals surface area contributed by atoms with Crippen LogP contribution in [0.4, 0.5) is 5.69 Å². The molecule has 0 bridgehead atoms. The van der Waals surface area contributed by atoms with Gasteiger partial charge in [-0.15, -0.1) is 12.4 Å². The molecule has 0 aliphatic rings. The highest BCUT2D eigenvalue weighted by atomic mass is 35.5. The van der Waals surface area contributed by atoms with Crippen molar-refractivity contribution in [3.63, 3.8) is 0 Å². The highest BCUT2D eigenvalue weighted by molar-refractivity contribution is 5.95. The van der Waals surface area contributed by atoms with Crippen molar-refractivity contribution in [1.82, 2.24) is 0 Å². The Bertz CT molecular complexity index is 494.